The second-order valence-electron chi connectivity index (χ2n) is 8.21. The molecule has 188 valence electrons. The summed E-state index contributed by atoms with van der Waals surface area (Å²) < 4.78 is 10.3. The molecule has 0 saturated heterocycles. The average molecular weight is 482 g/mol. The van der Waals surface area contributed by atoms with E-state index in [0.717, 1.165) is 35.8 Å². The molecule has 0 aliphatic carbocycles. The van der Waals surface area contributed by atoms with Crippen molar-refractivity contribution in [3.8, 4) is 0 Å². The van der Waals surface area contributed by atoms with Crippen LogP contribution in [0.5, 0.6) is 0 Å². The van der Waals surface area contributed by atoms with Crippen LogP contribution < -0.4 is 9.80 Å². The highest BCUT2D eigenvalue weighted by molar-refractivity contribution is 5.81. The molecular formula is C24H35N9O2. The van der Waals surface area contributed by atoms with E-state index in [1.54, 1.807) is 19.2 Å². The van der Waals surface area contributed by atoms with Crippen LogP contribution in [-0.2, 0) is 9.47 Å². The molecule has 1 aliphatic rings. The van der Waals surface area contributed by atoms with E-state index in [0.29, 0.717) is 19.2 Å². The molecule has 1 unspecified atom stereocenters. The van der Waals surface area contributed by atoms with Crippen LogP contribution in [0, 0.1) is 0 Å². The van der Waals surface area contributed by atoms with E-state index in [9.17, 15) is 0 Å². The van der Waals surface area contributed by atoms with E-state index in [1.165, 1.54) is 0 Å². The summed E-state index contributed by atoms with van der Waals surface area (Å²) in [6, 6.07) is 15.8. The summed E-state index contributed by atoms with van der Waals surface area (Å²) in [4.78, 5) is 6.07. The van der Waals surface area contributed by atoms with Crippen molar-refractivity contribution in [1.82, 2.24) is 9.91 Å². The van der Waals surface area contributed by atoms with E-state index in [1.807, 2.05) is 81.6 Å². The zero-order valence-electron chi connectivity index (χ0n) is 21.4. The van der Waals surface area contributed by atoms with Crippen molar-refractivity contribution in [3.05, 3.63) is 48.5 Å². The van der Waals surface area contributed by atoms with E-state index < -0.39 is 6.29 Å². The van der Waals surface area contributed by atoms with Gasteiger partial charge in [0.05, 0.1) is 24.6 Å². The first-order valence-corrected chi connectivity index (χ1v) is 11.4. The molecule has 11 heteroatoms. The standard InChI is InChI=1S/C24H35N9O2/c1-30(15-17-34-5)21-11-7-19(8-12-21)25-27-23-29-33(4)24(32(23)3)28-26-20-9-13-22(14-10-20)31(2)16-18-35-6/h7-14,24H,15-18H2,1-6H3. The fourth-order valence-corrected chi connectivity index (χ4v) is 3.34. The number of hydrogen-bond donors (Lipinski definition) is 0. The molecule has 0 bridgehead atoms. The summed E-state index contributed by atoms with van der Waals surface area (Å²) in [6.45, 7) is 2.99. The van der Waals surface area contributed by atoms with Crippen LogP contribution in [0.2, 0.25) is 0 Å². The van der Waals surface area contributed by atoms with Gasteiger partial charge in [0.15, 0.2) is 0 Å². The Balaban J connectivity index is 1.58. The predicted octanol–water partition coefficient (Wildman–Crippen LogP) is 4.15. The molecule has 0 spiro atoms. The SMILES string of the molecule is COCCN(C)c1ccc(N=NC2=NN(C)C(N=Nc3ccc(N(C)CCOC)cc3)N2C)cc1. The molecule has 0 amide bonds. The van der Waals surface area contributed by atoms with Gasteiger partial charge in [0.25, 0.3) is 5.96 Å². The van der Waals surface area contributed by atoms with Crippen molar-refractivity contribution >= 4 is 28.7 Å². The zero-order valence-corrected chi connectivity index (χ0v) is 21.4. The predicted molar refractivity (Wildman–Crippen MR) is 139 cm³/mol. The van der Waals surface area contributed by atoms with Gasteiger partial charge in [0.1, 0.15) is 0 Å². The lowest BCUT2D eigenvalue weighted by Gasteiger charge is -2.20. The number of hydrogen-bond acceptors (Lipinski definition) is 11. The van der Waals surface area contributed by atoms with E-state index in [2.05, 4.69) is 35.4 Å². The molecule has 1 atom stereocenters. The quantitative estimate of drug-likeness (QED) is 0.448. The number of rotatable bonds is 11. The molecule has 1 heterocycles. The fourth-order valence-electron chi connectivity index (χ4n) is 3.34. The molecule has 2 aromatic rings. The average Bonchev–Trinajstić information content (AvgIpc) is 3.15. The zero-order chi connectivity index (χ0) is 25.2. The number of nitrogens with zero attached hydrogens (tertiary/aromatic N) is 9. The molecular weight excluding hydrogens is 446 g/mol. The Kier molecular flexibility index (Phi) is 9.50. The molecule has 0 radical (unpaired) electrons. The van der Waals surface area contributed by atoms with Gasteiger partial charge >= 0.3 is 0 Å². The lowest BCUT2D eigenvalue weighted by molar-refractivity contribution is 0.181. The summed E-state index contributed by atoms with van der Waals surface area (Å²) in [5.41, 5.74) is 3.69. The number of guanidine groups is 1. The third kappa shape index (κ3) is 7.20. The summed E-state index contributed by atoms with van der Waals surface area (Å²) in [6.07, 6.45) is -0.398. The highest BCUT2D eigenvalue weighted by Crippen LogP contribution is 2.23. The number of hydrazone groups is 1. The van der Waals surface area contributed by atoms with Gasteiger partial charge in [-0.25, -0.2) is 0 Å². The first kappa shape index (κ1) is 26.0. The van der Waals surface area contributed by atoms with Crippen LogP contribution >= 0.6 is 0 Å². The number of anilines is 2. The maximum absolute atomic E-state index is 5.13. The normalized spacial score (nSPS) is 15.9. The molecule has 0 fully saturated rings. The van der Waals surface area contributed by atoms with Gasteiger partial charge in [-0.2, -0.15) is 5.11 Å². The maximum Gasteiger partial charge on any atom is 0.265 e. The number of likely N-dealkylation sites (N-methyl/N-ethyl adjacent to an activating group) is 2. The highest BCUT2D eigenvalue weighted by atomic mass is 16.5. The molecule has 35 heavy (non-hydrogen) atoms. The van der Waals surface area contributed by atoms with Crippen molar-refractivity contribution < 1.29 is 9.47 Å². The third-order valence-electron chi connectivity index (χ3n) is 5.62. The topological polar surface area (TPSA) is 93.2 Å². The number of ether oxygens (including phenoxy) is 2. The van der Waals surface area contributed by atoms with E-state index in [-0.39, 0.29) is 0 Å². The minimum atomic E-state index is -0.398. The Morgan fingerprint density at radius 2 is 1.26 bits per heavy atom. The van der Waals surface area contributed by atoms with Crippen molar-refractivity contribution in [2.75, 3.05) is 78.5 Å². The lowest BCUT2D eigenvalue weighted by atomic mass is 10.2. The van der Waals surface area contributed by atoms with Crippen molar-refractivity contribution in [1.29, 1.82) is 0 Å². The van der Waals surface area contributed by atoms with Gasteiger partial charge in [0, 0.05) is 66.9 Å². The molecule has 1 aliphatic heterocycles. The fraction of sp³-hybridized carbons (Fsp3) is 0.458. The lowest BCUT2D eigenvalue weighted by Crippen LogP contribution is -2.35. The van der Waals surface area contributed by atoms with E-state index >= 15 is 0 Å². The Morgan fingerprint density at radius 1 is 0.771 bits per heavy atom. The van der Waals surface area contributed by atoms with Crippen molar-refractivity contribution in [2.24, 2.45) is 25.6 Å². The highest BCUT2D eigenvalue weighted by Gasteiger charge is 2.29. The molecule has 0 saturated carbocycles. The van der Waals surface area contributed by atoms with Crippen molar-refractivity contribution in [3.63, 3.8) is 0 Å². The van der Waals surface area contributed by atoms with Gasteiger partial charge in [-0.15, -0.1) is 20.4 Å². The summed E-state index contributed by atoms with van der Waals surface area (Å²) >= 11 is 0. The summed E-state index contributed by atoms with van der Waals surface area (Å²) in [5, 5.41) is 23.6. The Hall–Kier alpha value is -3.57. The summed E-state index contributed by atoms with van der Waals surface area (Å²) in [5.74, 6) is 0.466. The molecule has 3 rings (SSSR count). The smallest absolute Gasteiger partial charge is 0.265 e. The largest absolute Gasteiger partial charge is 0.383 e. The van der Waals surface area contributed by atoms with E-state index in [4.69, 9.17) is 9.47 Å². The van der Waals surface area contributed by atoms with Crippen LogP contribution in [0.4, 0.5) is 22.7 Å². The minimum absolute atomic E-state index is 0.398. The summed E-state index contributed by atoms with van der Waals surface area (Å²) in [7, 11) is 11.2. The van der Waals surface area contributed by atoms with Gasteiger partial charge in [-0.05, 0) is 48.5 Å². The third-order valence-corrected chi connectivity index (χ3v) is 5.62. The maximum atomic E-state index is 5.13. The first-order chi connectivity index (χ1) is 16.9. The van der Waals surface area contributed by atoms with Crippen LogP contribution in [0.15, 0.2) is 74.1 Å². The second-order valence-corrected chi connectivity index (χ2v) is 8.21. The van der Waals surface area contributed by atoms with Crippen LogP contribution in [0.25, 0.3) is 0 Å². The first-order valence-electron chi connectivity index (χ1n) is 11.4. The number of azo groups is 2. The minimum Gasteiger partial charge on any atom is -0.383 e. The van der Waals surface area contributed by atoms with Gasteiger partial charge in [0.2, 0.25) is 6.29 Å². The Labute approximate surface area is 207 Å². The molecule has 0 N–H and O–H groups in total. The molecule has 0 aromatic heterocycles. The van der Waals surface area contributed by atoms with Crippen LogP contribution in [0.3, 0.4) is 0 Å². The molecule has 11 nitrogen and oxygen atoms in total. The van der Waals surface area contributed by atoms with Crippen molar-refractivity contribution in [2.45, 2.75) is 6.29 Å². The Bertz CT molecular complexity index is 1010. The van der Waals surface area contributed by atoms with Gasteiger partial charge in [-0.3, -0.25) is 9.91 Å². The molecule has 2 aromatic carbocycles. The van der Waals surface area contributed by atoms with Crippen LogP contribution in [-0.4, -0.2) is 90.9 Å². The second kappa shape index (κ2) is 12.8. The Morgan fingerprint density at radius 3 is 1.74 bits per heavy atom. The number of methoxy groups -OCH3 is 2. The number of benzene rings is 2. The van der Waals surface area contributed by atoms with Gasteiger partial charge in [-0.1, -0.05) is 0 Å². The van der Waals surface area contributed by atoms with Crippen LogP contribution in [0.1, 0.15) is 0 Å². The monoisotopic (exact) mass is 481 g/mol. The van der Waals surface area contributed by atoms with Gasteiger partial charge < -0.3 is 19.3 Å².